The summed E-state index contributed by atoms with van der Waals surface area (Å²) < 4.78 is 19.5. The van der Waals surface area contributed by atoms with Crippen LogP contribution in [0, 0.1) is 5.82 Å². The van der Waals surface area contributed by atoms with Gasteiger partial charge >= 0.3 is 0 Å². The lowest BCUT2D eigenvalue weighted by Gasteiger charge is -2.28. The Morgan fingerprint density at radius 3 is 2.57 bits per heavy atom. The molecule has 2 aromatic rings. The Morgan fingerprint density at radius 1 is 1.14 bits per heavy atom. The molecule has 2 rings (SSSR count). The van der Waals surface area contributed by atoms with Crippen LogP contribution in [0.3, 0.4) is 0 Å². The van der Waals surface area contributed by atoms with Crippen LogP contribution in [0.2, 0.25) is 0 Å². The molecule has 0 heterocycles. The number of hydrogen-bond donors (Lipinski definition) is 1. The van der Waals surface area contributed by atoms with Crippen molar-refractivity contribution in [3.63, 3.8) is 0 Å². The van der Waals surface area contributed by atoms with Crippen molar-refractivity contribution < 1.29 is 14.2 Å². The number of benzene rings is 2. The molecule has 0 aliphatic carbocycles. The van der Waals surface area contributed by atoms with Crippen LogP contribution in [-0.4, -0.2) is 18.3 Å². The van der Waals surface area contributed by atoms with Gasteiger partial charge in [-0.25, -0.2) is 4.39 Å². The Morgan fingerprint density at radius 2 is 1.90 bits per heavy atom. The molecular weight excluding hydrogens is 267 g/mol. The quantitative estimate of drug-likeness (QED) is 0.878. The fourth-order valence-corrected chi connectivity index (χ4v) is 2.55. The van der Waals surface area contributed by atoms with Crippen molar-refractivity contribution in [2.75, 3.05) is 13.2 Å². The van der Waals surface area contributed by atoms with E-state index in [4.69, 9.17) is 4.74 Å². The Kier molecular flexibility index (Phi) is 4.97. The van der Waals surface area contributed by atoms with Gasteiger partial charge in [-0.3, -0.25) is 0 Å². The third-order valence-corrected chi connectivity index (χ3v) is 3.68. The minimum absolute atomic E-state index is 0.118. The largest absolute Gasteiger partial charge is 0.494 e. The first-order valence-electron chi connectivity index (χ1n) is 7.16. The molecule has 0 fully saturated rings. The van der Waals surface area contributed by atoms with Gasteiger partial charge in [-0.1, -0.05) is 37.3 Å². The first-order valence-corrected chi connectivity index (χ1v) is 7.16. The third-order valence-electron chi connectivity index (χ3n) is 3.68. The van der Waals surface area contributed by atoms with Crippen molar-refractivity contribution in [1.82, 2.24) is 0 Å². The maximum atomic E-state index is 14.0. The first-order chi connectivity index (χ1) is 10.1. The highest BCUT2D eigenvalue weighted by Crippen LogP contribution is 2.30. The average Bonchev–Trinajstić information content (AvgIpc) is 2.48. The molecule has 0 saturated heterocycles. The predicted molar refractivity (Wildman–Crippen MR) is 82.2 cm³/mol. The van der Waals surface area contributed by atoms with Gasteiger partial charge < -0.3 is 9.84 Å². The Balaban J connectivity index is 2.30. The number of rotatable bonds is 6. The maximum absolute atomic E-state index is 14.0. The minimum atomic E-state index is -0.657. The zero-order valence-corrected chi connectivity index (χ0v) is 12.5. The highest BCUT2D eigenvalue weighted by molar-refractivity contribution is 5.34. The number of ether oxygens (including phenoxy) is 1. The van der Waals surface area contributed by atoms with Crippen molar-refractivity contribution in [2.45, 2.75) is 25.7 Å². The van der Waals surface area contributed by atoms with Crippen LogP contribution in [0.25, 0.3) is 0 Å². The fourth-order valence-electron chi connectivity index (χ4n) is 2.55. The summed E-state index contributed by atoms with van der Waals surface area (Å²) >= 11 is 0. The number of aliphatic hydroxyl groups is 1. The number of aliphatic hydroxyl groups excluding tert-OH is 1. The molecule has 0 bridgehead atoms. The summed E-state index contributed by atoms with van der Waals surface area (Å²) in [5.74, 6) is 0.513. The van der Waals surface area contributed by atoms with E-state index in [-0.39, 0.29) is 12.4 Å². The molecule has 0 aromatic heterocycles. The van der Waals surface area contributed by atoms with Gasteiger partial charge in [0, 0.05) is 5.41 Å². The normalized spacial score (nSPS) is 13.7. The van der Waals surface area contributed by atoms with E-state index in [0.29, 0.717) is 18.6 Å². The number of halogens is 1. The summed E-state index contributed by atoms with van der Waals surface area (Å²) in [4.78, 5) is 0. The van der Waals surface area contributed by atoms with Crippen LogP contribution in [-0.2, 0) is 11.8 Å². The fraction of sp³-hybridized carbons (Fsp3) is 0.333. The lowest BCUT2D eigenvalue weighted by molar-refractivity contribution is 0.201. The highest BCUT2D eigenvalue weighted by atomic mass is 19.1. The molecule has 3 heteroatoms. The highest BCUT2D eigenvalue weighted by Gasteiger charge is 2.29. The summed E-state index contributed by atoms with van der Waals surface area (Å²) in [7, 11) is 0. The van der Waals surface area contributed by atoms with Crippen molar-refractivity contribution in [3.8, 4) is 5.75 Å². The van der Waals surface area contributed by atoms with Gasteiger partial charge in [0.05, 0.1) is 13.2 Å². The zero-order chi connectivity index (χ0) is 15.3. The molecule has 1 unspecified atom stereocenters. The van der Waals surface area contributed by atoms with Crippen LogP contribution in [0.15, 0.2) is 48.5 Å². The Bertz CT molecular complexity index is 597. The van der Waals surface area contributed by atoms with E-state index in [1.807, 2.05) is 38.1 Å². The lowest BCUT2D eigenvalue weighted by Crippen LogP contribution is -2.30. The molecule has 0 saturated carbocycles. The van der Waals surface area contributed by atoms with Crippen LogP contribution in [0.4, 0.5) is 4.39 Å². The summed E-state index contributed by atoms with van der Waals surface area (Å²) in [5.41, 5.74) is 0.894. The van der Waals surface area contributed by atoms with E-state index in [1.165, 1.54) is 6.07 Å². The van der Waals surface area contributed by atoms with Crippen LogP contribution in [0.5, 0.6) is 5.75 Å². The Labute approximate surface area is 125 Å². The molecule has 0 spiro atoms. The molecule has 2 aromatic carbocycles. The third kappa shape index (κ3) is 3.61. The second-order valence-corrected chi connectivity index (χ2v) is 5.46. The van der Waals surface area contributed by atoms with Gasteiger partial charge in [-0.15, -0.1) is 0 Å². The zero-order valence-electron chi connectivity index (χ0n) is 12.5. The maximum Gasteiger partial charge on any atom is 0.127 e. The molecule has 1 N–H and O–H groups in total. The summed E-state index contributed by atoms with van der Waals surface area (Å²) in [6.07, 6.45) is 0.547. The van der Waals surface area contributed by atoms with Crippen molar-refractivity contribution in [1.29, 1.82) is 0 Å². The smallest absolute Gasteiger partial charge is 0.127 e. The van der Waals surface area contributed by atoms with E-state index in [1.54, 1.807) is 18.2 Å². The van der Waals surface area contributed by atoms with Crippen LogP contribution >= 0.6 is 0 Å². The van der Waals surface area contributed by atoms with Crippen molar-refractivity contribution >= 4 is 0 Å². The number of hydrogen-bond acceptors (Lipinski definition) is 2. The van der Waals surface area contributed by atoms with Gasteiger partial charge in [0.1, 0.15) is 11.6 Å². The predicted octanol–water partition coefficient (Wildman–Crippen LogP) is 3.72. The standard InChI is InChI=1S/C18H21FO2/c1-3-21-15-8-6-7-14(11-15)12-18(2,13-20)16-9-4-5-10-17(16)19/h4-11,20H,3,12-13H2,1-2H3. The molecular formula is C18H21FO2. The van der Waals surface area contributed by atoms with E-state index in [2.05, 4.69) is 0 Å². The SMILES string of the molecule is CCOc1cccc(CC(C)(CO)c2ccccc2F)c1. The molecule has 0 amide bonds. The lowest BCUT2D eigenvalue weighted by atomic mass is 9.77. The van der Waals surface area contributed by atoms with Gasteiger partial charge in [-0.05, 0) is 42.7 Å². The molecule has 1 atom stereocenters. The Hall–Kier alpha value is -1.87. The average molecular weight is 288 g/mol. The first kappa shape index (κ1) is 15.5. The summed E-state index contributed by atoms with van der Waals surface area (Å²) in [5, 5.41) is 9.80. The molecule has 21 heavy (non-hydrogen) atoms. The van der Waals surface area contributed by atoms with Crippen molar-refractivity contribution in [3.05, 3.63) is 65.5 Å². The second-order valence-electron chi connectivity index (χ2n) is 5.46. The van der Waals surface area contributed by atoms with E-state index < -0.39 is 5.41 Å². The molecule has 0 radical (unpaired) electrons. The van der Waals surface area contributed by atoms with E-state index >= 15 is 0 Å². The monoisotopic (exact) mass is 288 g/mol. The van der Waals surface area contributed by atoms with Gasteiger partial charge in [0.2, 0.25) is 0 Å². The molecule has 2 nitrogen and oxygen atoms in total. The summed E-state index contributed by atoms with van der Waals surface area (Å²) in [6.45, 7) is 4.30. The molecule has 112 valence electrons. The van der Waals surface area contributed by atoms with Gasteiger partial charge in [-0.2, -0.15) is 0 Å². The van der Waals surface area contributed by atoms with Crippen molar-refractivity contribution in [2.24, 2.45) is 0 Å². The van der Waals surface area contributed by atoms with Gasteiger partial charge in [0.25, 0.3) is 0 Å². The van der Waals surface area contributed by atoms with Crippen LogP contribution < -0.4 is 4.74 Å². The second kappa shape index (κ2) is 6.72. The summed E-state index contributed by atoms with van der Waals surface area (Å²) in [6, 6.07) is 14.3. The van der Waals surface area contributed by atoms with Gasteiger partial charge in [0.15, 0.2) is 0 Å². The van der Waals surface area contributed by atoms with E-state index in [0.717, 1.165) is 11.3 Å². The topological polar surface area (TPSA) is 29.5 Å². The molecule has 0 aliphatic rings. The molecule has 0 aliphatic heterocycles. The minimum Gasteiger partial charge on any atom is -0.494 e. The van der Waals surface area contributed by atoms with E-state index in [9.17, 15) is 9.50 Å². The van der Waals surface area contributed by atoms with Crippen LogP contribution in [0.1, 0.15) is 25.0 Å².